The highest BCUT2D eigenvalue weighted by atomic mass is 32.2. The average Bonchev–Trinajstić information content (AvgIpc) is 2.44. The first kappa shape index (κ1) is 18.1. The van der Waals surface area contributed by atoms with Gasteiger partial charge >= 0.3 is 11.9 Å². The molecule has 0 heterocycles. The summed E-state index contributed by atoms with van der Waals surface area (Å²) in [5, 5.41) is 8.88. The van der Waals surface area contributed by atoms with Crippen LogP contribution in [-0.4, -0.2) is 49.0 Å². The molecular weight excluding hydrogens is 310 g/mol. The highest BCUT2D eigenvalue weighted by Gasteiger charge is 2.29. The molecule has 0 radical (unpaired) electrons. The number of sulfonamides is 1. The molecule has 1 rings (SSSR count). The van der Waals surface area contributed by atoms with Gasteiger partial charge in [0.15, 0.2) is 0 Å². The Morgan fingerprint density at radius 2 is 1.95 bits per heavy atom. The molecule has 0 aliphatic carbocycles. The number of aliphatic carboxylic acids is 1. The number of hydrogen-bond donors (Lipinski definition) is 1. The Morgan fingerprint density at radius 3 is 2.45 bits per heavy atom. The fraction of sp³-hybridized carbons (Fsp3) is 0.429. The molecule has 8 heteroatoms. The Bertz CT molecular complexity index is 653. The minimum absolute atomic E-state index is 0.0990. The predicted molar refractivity (Wildman–Crippen MR) is 79.1 cm³/mol. The van der Waals surface area contributed by atoms with Gasteiger partial charge in [0, 0.05) is 6.04 Å². The topological polar surface area (TPSA) is 101 Å². The van der Waals surface area contributed by atoms with Gasteiger partial charge in [-0.25, -0.2) is 13.2 Å². The van der Waals surface area contributed by atoms with Crippen molar-refractivity contribution in [2.45, 2.75) is 31.7 Å². The molecule has 0 spiro atoms. The van der Waals surface area contributed by atoms with Gasteiger partial charge in [0.25, 0.3) is 0 Å². The number of carbonyl (C=O) groups excluding carboxylic acids is 1. The van der Waals surface area contributed by atoms with E-state index >= 15 is 0 Å². The van der Waals surface area contributed by atoms with E-state index in [4.69, 9.17) is 9.84 Å². The number of carboxylic acid groups (broad SMARTS) is 1. The van der Waals surface area contributed by atoms with Gasteiger partial charge in [-0.2, -0.15) is 4.31 Å². The van der Waals surface area contributed by atoms with Crippen LogP contribution in [0, 0.1) is 0 Å². The normalized spacial score (nSPS) is 11.7. The maximum Gasteiger partial charge on any atom is 0.338 e. The maximum absolute atomic E-state index is 12.6. The summed E-state index contributed by atoms with van der Waals surface area (Å²) in [5.74, 6) is -1.88. The molecule has 1 aromatic carbocycles. The third kappa shape index (κ3) is 4.28. The fourth-order valence-corrected chi connectivity index (χ4v) is 3.44. The van der Waals surface area contributed by atoms with E-state index in [-0.39, 0.29) is 17.1 Å². The van der Waals surface area contributed by atoms with Gasteiger partial charge in [0.1, 0.15) is 6.54 Å². The lowest BCUT2D eigenvalue weighted by Gasteiger charge is -2.24. The number of nitrogens with zero attached hydrogens (tertiary/aromatic N) is 1. The van der Waals surface area contributed by atoms with E-state index in [0.717, 1.165) is 4.31 Å². The Hall–Kier alpha value is -1.93. The molecule has 0 atom stereocenters. The van der Waals surface area contributed by atoms with Crippen molar-refractivity contribution in [2.24, 2.45) is 0 Å². The zero-order chi connectivity index (χ0) is 16.9. The summed E-state index contributed by atoms with van der Waals surface area (Å²) >= 11 is 0. The number of ether oxygens (including phenoxy) is 1. The maximum atomic E-state index is 12.6. The van der Waals surface area contributed by atoms with Crippen LogP contribution in [-0.2, 0) is 19.6 Å². The van der Waals surface area contributed by atoms with Gasteiger partial charge in [-0.15, -0.1) is 0 Å². The molecule has 0 amide bonds. The Balaban J connectivity index is 3.24. The molecular formula is C14H19NO6S. The third-order valence-corrected chi connectivity index (χ3v) is 4.84. The zero-order valence-electron chi connectivity index (χ0n) is 12.6. The SMILES string of the molecule is CCOC(=O)c1cccc(S(=O)(=O)N(CC(=O)O)C(C)C)c1. The van der Waals surface area contributed by atoms with E-state index in [2.05, 4.69) is 0 Å². The van der Waals surface area contributed by atoms with Crippen molar-refractivity contribution in [3.8, 4) is 0 Å². The molecule has 0 aromatic heterocycles. The Labute approximate surface area is 129 Å². The van der Waals surface area contributed by atoms with Crippen molar-refractivity contribution in [3.63, 3.8) is 0 Å². The zero-order valence-corrected chi connectivity index (χ0v) is 13.5. The van der Waals surface area contributed by atoms with Gasteiger partial charge in [0.05, 0.1) is 17.1 Å². The second-order valence-corrected chi connectivity index (χ2v) is 6.68. The summed E-state index contributed by atoms with van der Waals surface area (Å²) in [5.41, 5.74) is 0.0990. The van der Waals surface area contributed by atoms with Crippen molar-refractivity contribution in [2.75, 3.05) is 13.2 Å². The van der Waals surface area contributed by atoms with Crippen molar-refractivity contribution in [1.29, 1.82) is 0 Å². The molecule has 0 aliphatic rings. The summed E-state index contributed by atoms with van der Waals surface area (Å²) in [7, 11) is -4.02. The molecule has 0 aliphatic heterocycles. The van der Waals surface area contributed by atoms with Crippen LogP contribution < -0.4 is 0 Å². The van der Waals surface area contributed by atoms with Crippen LogP contribution in [0.1, 0.15) is 31.1 Å². The first-order valence-electron chi connectivity index (χ1n) is 6.71. The van der Waals surface area contributed by atoms with E-state index in [1.807, 2.05) is 0 Å². The van der Waals surface area contributed by atoms with Crippen LogP contribution >= 0.6 is 0 Å². The van der Waals surface area contributed by atoms with Crippen LogP contribution in [0.25, 0.3) is 0 Å². The number of benzene rings is 1. The van der Waals surface area contributed by atoms with Crippen molar-refractivity contribution >= 4 is 22.0 Å². The smallest absolute Gasteiger partial charge is 0.338 e. The summed E-state index contributed by atoms with van der Waals surface area (Å²) in [6.45, 7) is 4.33. The highest BCUT2D eigenvalue weighted by molar-refractivity contribution is 7.89. The van der Waals surface area contributed by atoms with Crippen molar-refractivity contribution in [1.82, 2.24) is 4.31 Å². The number of hydrogen-bond acceptors (Lipinski definition) is 5. The number of carboxylic acids is 1. The fourth-order valence-electron chi connectivity index (χ4n) is 1.81. The first-order chi connectivity index (χ1) is 10.2. The minimum Gasteiger partial charge on any atom is -0.480 e. The summed E-state index contributed by atoms with van der Waals surface area (Å²) < 4.78 is 30.8. The highest BCUT2D eigenvalue weighted by Crippen LogP contribution is 2.19. The molecule has 122 valence electrons. The van der Waals surface area contributed by atoms with Crippen LogP contribution in [0.2, 0.25) is 0 Å². The van der Waals surface area contributed by atoms with Crippen LogP contribution in [0.4, 0.5) is 0 Å². The standard InChI is InChI=1S/C14H19NO6S/c1-4-21-14(18)11-6-5-7-12(8-11)22(19,20)15(10(2)3)9-13(16)17/h5-8,10H,4,9H2,1-3H3,(H,16,17). The van der Waals surface area contributed by atoms with E-state index in [1.165, 1.54) is 24.3 Å². The van der Waals surface area contributed by atoms with Gasteiger partial charge in [-0.3, -0.25) is 4.79 Å². The third-order valence-electron chi connectivity index (χ3n) is 2.82. The molecule has 1 aromatic rings. The summed E-state index contributed by atoms with van der Waals surface area (Å²) in [6.07, 6.45) is 0. The average molecular weight is 329 g/mol. The van der Waals surface area contributed by atoms with Crippen molar-refractivity contribution < 1.29 is 27.9 Å². The first-order valence-corrected chi connectivity index (χ1v) is 8.15. The molecule has 7 nitrogen and oxygen atoms in total. The lowest BCUT2D eigenvalue weighted by Crippen LogP contribution is -2.40. The Morgan fingerprint density at radius 1 is 1.32 bits per heavy atom. The molecule has 22 heavy (non-hydrogen) atoms. The van der Waals surface area contributed by atoms with Crippen LogP contribution in [0.5, 0.6) is 0 Å². The lowest BCUT2D eigenvalue weighted by molar-refractivity contribution is -0.137. The van der Waals surface area contributed by atoms with Gasteiger partial charge in [-0.1, -0.05) is 6.07 Å². The summed E-state index contributed by atoms with van der Waals surface area (Å²) in [4.78, 5) is 22.4. The van der Waals surface area contributed by atoms with Crippen LogP contribution in [0.3, 0.4) is 0 Å². The Kier molecular flexibility index (Phi) is 6.07. The number of rotatable bonds is 7. The summed E-state index contributed by atoms with van der Waals surface area (Å²) in [6, 6.07) is 4.82. The van der Waals surface area contributed by atoms with E-state index in [0.29, 0.717) is 0 Å². The number of carbonyl (C=O) groups is 2. The second kappa shape index (κ2) is 7.37. The van der Waals surface area contributed by atoms with Gasteiger partial charge in [0.2, 0.25) is 10.0 Å². The largest absolute Gasteiger partial charge is 0.480 e. The lowest BCUT2D eigenvalue weighted by atomic mass is 10.2. The molecule has 0 saturated carbocycles. The molecule has 0 saturated heterocycles. The van der Waals surface area contributed by atoms with Gasteiger partial charge < -0.3 is 9.84 Å². The van der Waals surface area contributed by atoms with Gasteiger partial charge in [-0.05, 0) is 39.0 Å². The quantitative estimate of drug-likeness (QED) is 0.758. The van der Waals surface area contributed by atoms with Crippen molar-refractivity contribution in [3.05, 3.63) is 29.8 Å². The molecule has 0 unspecified atom stereocenters. The molecule has 0 fully saturated rings. The monoisotopic (exact) mass is 329 g/mol. The minimum atomic E-state index is -4.02. The number of esters is 1. The van der Waals surface area contributed by atoms with E-state index < -0.39 is 34.5 Å². The van der Waals surface area contributed by atoms with E-state index in [9.17, 15) is 18.0 Å². The van der Waals surface area contributed by atoms with E-state index in [1.54, 1.807) is 20.8 Å². The molecule has 0 bridgehead atoms. The second-order valence-electron chi connectivity index (χ2n) is 4.79. The van der Waals surface area contributed by atoms with Crippen LogP contribution in [0.15, 0.2) is 29.2 Å². The molecule has 1 N–H and O–H groups in total. The predicted octanol–water partition coefficient (Wildman–Crippen LogP) is 1.35.